The third-order valence-corrected chi connectivity index (χ3v) is 4.02. The van der Waals surface area contributed by atoms with Gasteiger partial charge >= 0.3 is 0 Å². The van der Waals surface area contributed by atoms with Gasteiger partial charge in [0.15, 0.2) is 5.89 Å². The highest BCUT2D eigenvalue weighted by molar-refractivity contribution is 5.79. The largest absolute Gasteiger partial charge is 0.445 e. The molecule has 126 valence electrons. The molecule has 0 spiro atoms. The van der Waals surface area contributed by atoms with Crippen LogP contribution in [0.15, 0.2) is 52.9 Å². The molecule has 0 saturated heterocycles. The van der Waals surface area contributed by atoms with Gasteiger partial charge in [0.1, 0.15) is 23.5 Å². The van der Waals surface area contributed by atoms with Crippen LogP contribution in [0.25, 0.3) is 22.4 Å². The summed E-state index contributed by atoms with van der Waals surface area (Å²) < 4.78 is 5.66. The zero-order chi connectivity index (χ0) is 17.8. The number of aromatic nitrogens is 1. The van der Waals surface area contributed by atoms with Gasteiger partial charge in [0.05, 0.1) is 0 Å². The number of aryl methyl sites for hydroxylation is 2. The van der Waals surface area contributed by atoms with Crippen LogP contribution in [0.3, 0.4) is 0 Å². The monoisotopic (exact) mass is 333 g/mol. The highest BCUT2D eigenvalue weighted by Crippen LogP contribution is 2.28. The van der Waals surface area contributed by atoms with Crippen molar-refractivity contribution >= 4 is 12.1 Å². The molecule has 25 heavy (non-hydrogen) atoms. The van der Waals surface area contributed by atoms with E-state index in [4.69, 9.17) is 4.42 Å². The van der Waals surface area contributed by atoms with Crippen molar-refractivity contribution in [1.82, 2.24) is 4.98 Å². The number of oxazole rings is 1. The fourth-order valence-electron chi connectivity index (χ4n) is 2.77. The fourth-order valence-corrected chi connectivity index (χ4v) is 2.77. The minimum absolute atomic E-state index is 0.130. The van der Waals surface area contributed by atoms with Crippen molar-refractivity contribution in [2.24, 2.45) is 0 Å². The van der Waals surface area contributed by atoms with Crippen LogP contribution in [-0.2, 0) is 11.2 Å². The number of carbonyl (C=O) groups is 2. The first-order chi connectivity index (χ1) is 12.1. The molecule has 2 aromatic carbocycles. The SMILES string of the molecule is CC(=O)CCc1oc(C)nc1-c1ccc(-c2cccc(C=O)c2)cc1. The summed E-state index contributed by atoms with van der Waals surface area (Å²) in [4.78, 5) is 26.6. The molecule has 0 N–H and O–H groups in total. The lowest BCUT2D eigenvalue weighted by atomic mass is 10.0. The summed E-state index contributed by atoms with van der Waals surface area (Å²) in [6, 6.07) is 15.4. The molecule has 1 heterocycles. The Kier molecular flexibility index (Phi) is 4.89. The van der Waals surface area contributed by atoms with Gasteiger partial charge in [0, 0.05) is 30.9 Å². The number of aldehydes is 1. The van der Waals surface area contributed by atoms with E-state index in [0.717, 1.165) is 34.4 Å². The van der Waals surface area contributed by atoms with Crippen molar-refractivity contribution in [3.8, 4) is 22.4 Å². The zero-order valence-corrected chi connectivity index (χ0v) is 14.3. The van der Waals surface area contributed by atoms with E-state index in [0.29, 0.717) is 24.3 Å². The van der Waals surface area contributed by atoms with Crippen LogP contribution < -0.4 is 0 Å². The fraction of sp³-hybridized carbons (Fsp3) is 0.190. The molecule has 0 bridgehead atoms. The molecule has 1 aromatic heterocycles. The Balaban J connectivity index is 1.90. The van der Waals surface area contributed by atoms with Crippen molar-refractivity contribution in [3.63, 3.8) is 0 Å². The number of hydrogen-bond donors (Lipinski definition) is 0. The first-order valence-electron chi connectivity index (χ1n) is 8.18. The van der Waals surface area contributed by atoms with Crippen molar-refractivity contribution in [3.05, 3.63) is 65.7 Å². The van der Waals surface area contributed by atoms with Gasteiger partial charge in [-0.3, -0.25) is 4.79 Å². The lowest BCUT2D eigenvalue weighted by Crippen LogP contribution is -1.94. The van der Waals surface area contributed by atoms with Gasteiger partial charge in [-0.1, -0.05) is 42.5 Å². The Morgan fingerprint density at radius 3 is 2.48 bits per heavy atom. The number of nitrogens with zero attached hydrogens (tertiary/aromatic N) is 1. The quantitative estimate of drug-likeness (QED) is 0.616. The minimum Gasteiger partial charge on any atom is -0.445 e. The third-order valence-electron chi connectivity index (χ3n) is 4.02. The molecule has 0 aliphatic carbocycles. The summed E-state index contributed by atoms with van der Waals surface area (Å²) in [5.74, 6) is 1.46. The Morgan fingerprint density at radius 2 is 1.80 bits per heavy atom. The molecule has 0 fully saturated rings. The molecular formula is C21H19NO3. The van der Waals surface area contributed by atoms with Crippen LogP contribution in [0.2, 0.25) is 0 Å². The summed E-state index contributed by atoms with van der Waals surface area (Å²) in [5, 5.41) is 0. The standard InChI is InChI=1S/C21H19NO3/c1-14(24)6-11-20-21(22-15(2)25-20)18-9-7-17(8-10-18)19-5-3-4-16(12-19)13-23/h3-5,7-10,12-13H,6,11H2,1-2H3. The van der Waals surface area contributed by atoms with E-state index < -0.39 is 0 Å². The average Bonchev–Trinajstić information content (AvgIpc) is 3.01. The van der Waals surface area contributed by atoms with Crippen molar-refractivity contribution in [1.29, 1.82) is 0 Å². The highest BCUT2D eigenvalue weighted by Gasteiger charge is 2.14. The maximum atomic E-state index is 11.2. The second-order valence-corrected chi connectivity index (χ2v) is 6.03. The van der Waals surface area contributed by atoms with E-state index in [2.05, 4.69) is 4.98 Å². The van der Waals surface area contributed by atoms with E-state index in [1.165, 1.54) is 0 Å². The van der Waals surface area contributed by atoms with E-state index >= 15 is 0 Å². The van der Waals surface area contributed by atoms with Crippen LogP contribution >= 0.6 is 0 Å². The summed E-state index contributed by atoms with van der Waals surface area (Å²) in [6.45, 7) is 3.38. The second kappa shape index (κ2) is 7.26. The van der Waals surface area contributed by atoms with Crippen LogP contribution in [0.4, 0.5) is 0 Å². The van der Waals surface area contributed by atoms with Crippen LogP contribution in [-0.4, -0.2) is 17.1 Å². The van der Waals surface area contributed by atoms with Crippen molar-refractivity contribution in [2.75, 3.05) is 0 Å². The molecule has 4 heteroatoms. The van der Waals surface area contributed by atoms with Gasteiger partial charge in [-0.15, -0.1) is 0 Å². The van der Waals surface area contributed by atoms with Gasteiger partial charge in [-0.2, -0.15) is 0 Å². The highest BCUT2D eigenvalue weighted by atomic mass is 16.4. The molecule has 0 radical (unpaired) electrons. The maximum absolute atomic E-state index is 11.2. The molecule has 0 aliphatic rings. The smallest absolute Gasteiger partial charge is 0.191 e. The average molecular weight is 333 g/mol. The molecule has 0 unspecified atom stereocenters. The van der Waals surface area contributed by atoms with E-state index in [1.54, 1.807) is 19.9 Å². The van der Waals surface area contributed by atoms with E-state index in [-0.39, 0.29) is 5.78 Å². The third kappa shape index (κ3) is 3.91. The van der Waals surface area contributed by atoms with Gasteiger partial charge < -0.3 is 9.21 Å². The normalized spacial score (nSPS) is 10.6. The molecule has 0 amide bonds. The minimum atomic E-state index is 0.130. The van der Waals surface area contributed by atoms with Gasteiger partial charge in [0.2, 0.25) is 0 Å². The Morgan fingerprint density at radius 1 is 1.08 bits per heavy atom. The molecule has 4 nitrogen and oxygen atoms in total. The Bertz CT molecular complexity index is 907. The molecule has 0 aliphatic heterocycles. The number of carbonyl (C=O) groups excluding carboxylic acids is 2. The van der Waals surface area contributed by atoms with Gasteiger partial charge in [-0.25, -0.2) is 4.98 Å². The Hall–Kier alpha value is -3.01. The van der Waals surface area contributed by atoms with E-state index in [1.807, 2.05) is 42.5 Å². The number of hydrogen-bond acceptors (Lipinski definition) is 4. The first kappa shape index (κ1) is 16.8. The van der Waals surface area contributed by atoms with Crippen LogP contribution in [0.1, 0.15) is 35.4 Å². The molecule has 3 aromatic rings. The molecule has 3 rings (SSSR count). The summed E-state index contributed by atoms with van der Waals surface area (Å²) in [7, 11) is 0. The number of ketones is 1. The summed E-state index contributed by atoms with van der Waals surface area (Å²) in [6.07, 6.45) is 1.84. The van der Waals surface area contributed by atoms with Crippen LogP contribution in [0.5, 0.6) is 0 Å². The van der Waals surface area contributed by atoms with Crippen molar-refractivity contribution < 1.29 is 14.0 Å². The molecule has 0 saturated carbocycles. The van der Waals surface area contributed by atoms with E-state index in [9.17, 15) is 9.59 Å². The topological polar surface area (TPSA) is 60.2 Å². The Labute approximate surface area is 146 Å². The molecular weight excluding hydrogens is 314 g/mol. The summed E-state index contributed by atoms with van der Waals surface area (Å²) in [5.41, 5.74) is 4.40. The van der Waals surface area contributed by atoms with Gasteiger partial charge in [0.25, 0.3) is 0 Å². The molecule has 0 atom stereocenters. The second-order valence-electron chi connectivity index (χ2n) is 6.03. The van der Waals surface area contributed by atoms with Crippen LogP contribution in [0, 0.1) is 6.92 Å². The maximum Gasteiger partial charge on any atom is 0.191 e. The number of rotatable bonds is 6. The number of Topliss-reactive ketones (excluding diaryl/α,β-unsaturated/α-hetero) is 1. The predicted octanol–water partition coefficient (Wildman–Crippen LogP) is 4.65. The predicted molar refractivity (Wildman–Crippen MR) is 96.5 cm³/mol. The lowest BCUT2D eigenvalue weighted by Gasteiger charge is -2.05. The summed E-state index contributed by atoms with van der Waals surface area (Å²) >= 11 is 0. The van der Waals surface area contributed by atoms with Gasteiger partial charge in [-0.05, 0) is 24.1 Å². The lowest BCUT2D eigenvalue weighted by molar-refractivity contribution is -0.117. The zero-order valence-electron chi connectivity index (χ0n) is 14.3. The number of benzene rings is 2. The first-order valence-corrected chi connectivity index (χ1v) is 8.18. The van der Waals surface area contributed by atoms with Crippen molar-refractivity contribution in [2.45, 2.75) is 26.7 Å².